The van der Waals surface area contributed by atoms with E-state index in [0.717, 1.165) is 36.5 Å². The van der Waals surface area contributed by atoms with E-state index in [0.29, 0.717) is 22.7 Å². The molecule has 2 aliphatic carbocycles. The van der Waals surface area contributed by atoms with Crippen molar-refractivity contribution in [2.75, 3.05) is 23.8 Å². The first kappa shape index (κ1) is 18.9. The second-order valence-electron chi connectivity index (χ2n) is 9.46. The van der Waals surface area contributed by atoms with Crippen molar-refractivity contribution in [2.45, 2.75) is 50.6 Å². The summed E-state index contributed by atoms with van der Waals surface area (Å²) in [6, 6.07) is 2.41. The minimum atomic E-state index is -0.0511. The van der Waals surface area contributed by atoms with Crippen LogP contribution in [0.3, 0.4) is 0 Å². The summed E-state index contributed by atoms with van der Waals surface area (Å²) in [5.41, 5.74) is 8.37. The molecule has 0 aromatic carbocycles. The summed E-state index contributed by atoms with van der Waals surface area (Å²) in [5, 5.41) is 22.2. The first-order chi connectivity index (χ1) is 15.1. The van der Waals surface area contributed by atoms with Gasteiger partial charge in [0.15, 0.2) is 5.82 Å². The molecule has 1 aliphatic heterocycles. The molecule has 0 spiro atoms. The van der Waals surface area contributed by atoms with Crippen molar-refractivity contribution >= 4 is 22.5 Å². The Morgan fingerprint density at radius 3 is 2.68 bits per heavy atom. The Morgan fingerprint density at radius 2 is 2.00 bits per heavy atom. The van der Waals surface area contributed by atoms with Gasteiger partial charge in [-0.25, -0.2) is 0 Å². The first-order valence-electron chi connectivity index (χ1n) is 11.4. The number of pyridine rings is 1. The summed E-state index contributed by atoms with van der Waals surface area (Å²) in [6.07, 6.45) is 8.76. The molecule has 4 N–H and O–H groups in total. The summed E-state index contributed by atoms with van der Waals surface area (Å²) in [7, 11) is 1.93. The highest BCUT2D eigenvalue weighted by atomic mass is 16.3. The molecule has 3 aliphatic rings. The van der Waals surface area contributed by atoms with E-state index in [1.165, 1.54) is 25.7 Å². The highest BCUT2D eigenvalue weighted by molar-refractivity contribution is 5.97. The number of rotatable bonds is 6. The van der Waals surface area contributed by atoms with Crippen LogP contribution in [0.4, 0.5) is 11.6 Å². The van der Waals surface area contributed by atoms with Crippen molar-refractivity contribution in [3.63, 3.8) is 0 Å². The molecular formula is C22H29N7O2. The number of aromatic nitrogens is 5. The zero-order valence-corrected chi connectivity index (χ0v) is 17.8. The summed E-state index contributed by atoms with van der Waals surface area (Å²) >= 11 is 0. The maximum absolute atomic E-state index is 13.4. The fourth-order valence-corrected chi connectivity index (χ4v) is 5.47. The molecule has 4 heterocycles. The average molecular weight is 424 g/mol. The van der Waals surface area contributed by atoms with Gasteiger partial charge in [0.25, 0.3) is 5.56 Å². The third kappa shape index (κ3) is 2.97. The predicted octanol–water partition coefficient (Wildman–Crippen LogP) is 2.03. The number of nitrogens with zero attached hydrogens (tertiary/aromatic N) is 5. The summed E-state index contributed by atoms with van der Waals surface area (Å²) in [5.74, 6) is 2.39. The van der Waals surface area contributed by atoms with E-state index in [9.17, 15) is 9.90 Å². The van der Waals surface area contributed by atoms with Crippen molar-refractivity contribution in [1.29, 1.82) is 0 Å². The molecule has 0 unspecified atom stereocenters. The smallest absolute Gasteiger partial charge is 0.264 e. The van der Waals surface area contributed by atoms with Crippen LogP contribution in [0.5, 0.6) is 0 Å². The standard InChI is InChI=1S/C22H29N7O2/c1-27-17(28-8-2-3-14(28)11-30)9-16(26-27)15-10-29(20(12-4-5-12)13-6-7-13)22(31)18-19(15)24-25-21(18)23/h9-10,12-14,20,30H,2-8,11H2,1H3,(H3,23,24,25)/t14-/m1/s1. The number of H-pyrrole nitrogens is 1. The quantitative estimate of drug-likeness (QED) is 0.558. The van der Waals surface area contributed by atoms with Gasteiger partial charge in [0.2, 0.25) is 0 Å². The molecule has 9 nitrogen and oxygen atoms in total. The highest BCUT2D eigenvalue weighted by Gasteiger charge is 2.43. The van der Waals surface area contributed by atoms with Crippen molar-refractivity contribution in [2.24, 2.45) is 18.9 Å². The molecule has 3 fully saturated rings. The molecule has 9 heteroatoms. The van der Waals surface area contributed by atoms with E-state index in [2.05, 4.69) is 21.2 Å². The van der Waals surface area contributed by atoms with Crippen LogP contribution in [0.2, 0.25) is 0 Å². The maximum Gasteiger partial charge on any atom is 0.264 e. The lowest BCUT2D eigenvalue weighted by Gasteiger charge is -2.24. The van der Waals surface area contributed by atoms with Crippen LogP contribution in [-0.4, -0.2) is 48.8 Å². The number of aliphatic hydroxyl groups is 1. The molecule has 3 aromatic heterocycles. The molecule has 31 heavy (non-hydrogen) atoms. The van der Waals surface area contributed by atoms with E-state index < -0.39 is 0 Å². The number of aliphatic hydroxyl groups excluding tert-OH is 1. The van der Waals surface area contributed by atoms with Gasteiger partial charge in [0, 0.05) is 37.5 Å². The van der Waals surface area contributed by atoms with Gasteiger partial charge in [0.1, 0.15) is 11.2 Å². The number of hydrogen-bond acceptors (Lipinski definition) is 6. The van der Waals surface area contributed by atoms with Gasteiger partial charge in [-0.1, -0.05) is 0 Å². The van der Waals surface area contributed by atoms with Crippen molar-refractivity contribution in [1.82, 2.24) is 24.5 Å². The molecule has 0 bridgehead atoms. The van der Waals surface area contributed by atoms with Gasteiger partial charge in [-0.05, 0) is 50.4 Å². The highest BCUT2D eigenvalue weighted by Crippen LogP contribution is 2.52. The van der Waals surface area contributed by atoms with Crippen molar-refractivity contribution < 1.29 is 5.11 Å². The molecule has 1 saturated heterocycles. The Labute approximate surface area is 179 Å². The van der Waals surface area contributed by atoms with Crippen LogP contribution in [0, 0.1) is 11.8 Å². The third-order valence-electron chi connectivity index (χ3n) is 7.32. The van der Waals surface area contributed by atoms with Crippen molar-refractivity contribution in [3.05, 3.63) is 22.6 Å². The van der Waals surface area contributed by atoms with E-state index in [-0.39, 0.29) is 30.1 Å². The minimum Gasteiger partial charge on any atom is -0.394 e. The molecule has 0 radical (unpaired) electrons. The predicted molar refractivity (Wildman–Crippen MR) is 119 cm³/mol. The van der Waals surface area contributed by atoms with Crippen LogP contribution in [0.15, 0.2) is 17.1 Å². The number of anilines is 2. The van der Waals surface area contributed by atoms with Gasteiger partial charge in [0.05, 0.1) is 23.9 Å². The van der Waals surface area contributed by atoms with Crippen LogP contribution in [-0.2, 0) is 7.05 Å². The number of hydrogen-bond donors (Lipinski definition) is 3. The Balaban J connectivity index is 1.51. The fraction of sp³-hybridized carbons (Fsp3) is 0.591. The summed E-state index contributed by atoms with van der Waals surface area (Å²) < 4.78 is 3.79. The second-order valence-corrected chi connectivity index (χ2v) is 9.46. The second kappa shape index (κ2) is 6.85. The van der Waals surface area contributed by atoms with Gasteiger partial charge in [-0.3, -0.25) is 14.6 Å². The van der Waals surface area contributed by atoms with E-state index in [4.69, 9.17) is 10.8 Å². The molecular weight excluding hydrogens is 394 g/mol. The molecule has 2 saturated carbocycles. The van der Waals surface area contributed by atoms with Crippen molar-refractivity contribution in [3.8, 4) is 11.3 Å². The number of nitrogens with two attached hydrogens (primary N) is 1. The molecule has 6 rings (SSSR count). The number of nitrogens with one attached hydrogen (secondary N) is 1. The zero-order valence-electron chi connectivity index (χ0n) is 17.8. The average Bonchev–Trinajstić information content (AvgIpc) is 3.65. The van der Waals surface area contributed by atoms with Gasteiger partial charge in [-0.2, -0.15) is 10.2 Å². The summed E-state index contributed by atoms with van der Waals surface area (Å²) in [4.78, 5) is 15.6. The minimum absolute atomic E-state index is 0.0511. The Bertz CT molecular complexity index is 1190. The Kier molecular flexibility index (Phi) is 4.18. The van der Waals surface area contributed by atoms with Gasteiger partial charge in [-0.15, -0.1) is 0 Å². The third-order valence-corrected chi connectivity index (χ3v) is 7.32. The van der Waals surface area contributed by atoms with Gasteiger partial charge < -0.3 is 20.3 Å². The van der Waals surface area contributed by atoms with Crippen LogP contribution in [0.1, 0.15) is 44.6 Å². The number of aryl methyl sites for hydroxylation is 1. The normalized spacial score (nSPS) is 21.6. The molecule has 164 valence electrons. The maximum atomic E-state index is 13.4. The molecule has 1 atom stereocenters. The SMILES string of the molecule is Cn1nc(-c2cn(C(C3CC3)C3CC3)c(=O)c3c(N)n[nH]c23)cc1N1CCC[C@@H]1CO. The topological polar surface area (TPSA) is 118 Å². The lowest BCUT2D eigenvalue weighted by molar-refractivity contribution is 0.265. The van der Waals surface area contributed by atoms with Gasteiger partial charge >= 0.3 is 0 Å². The van der Waals surface area contributed by atoms with Crippen LogP contribution >= 0.6 is 0 Å². The van der Waals surface area contributed by atoms with E-state index >= 15 is 0 Å². The summed E-state index contributed by atoms with van der Waals surface area (Å²) in [6.45, 7) is 1.04. The Morgan fingerprint density at radius 1 is 1.26 bits per heavy atom. The first-order valence-corrected chi connectivity index (χ1v) is 11.4. The van der Waals surface area contributed by atoms with E-state index in [1.54, 1.807) is 0 Å². The lowest BCUT2D eigenvalue weighted by Crippen LogP contribution is -2.33. The monoisotopic (exact) mass is 423 g/mol. The van der Waals surface area contributed by atoms with Crippen LogP contribution in [0.25, 0.3) is 22.2 Å². The number of aromatic amines is 1. The number of nitrogen functional groups attached to an aromatic ring is 1. The largest absolute Gasteiger partial charge is 0.394 e. The van der Waals surface area contributed by atoms with Crippen LogP contribution < -0.4 is 16.2 Å². The zero-order chi connectivity index (χ0) is 21.3. The number of fused-ring (bicyclic) bond motifs is 1. The molecule has 3 aromatic rings. The fourth-order valence-electron chi connectivity index (χ4n) is 5.47. The molecule has 0 amide bonds. The Hall–Kier alpha value is -2.81. The lowest BCUT2D eigenvalue weighted by atomic mass is 10.0. The van der Waals surface area contributed by atoms with E-state index in [1.807, 2.05) is 22.5 Å².